The number of rotatable bonds is 4. The summed E-state index contributed by atoms with van der Waals surface area (Å²) in [5, 5.41) is 0. The summed E-state index contributed by atoms with van der Waals surface area (Å²) < 4.78 is 7.22. The first-order valence-electron chi connectivity index (χ1n) is 6.60. The van der Waals surface area contributed by atoms with Crippen molar-refractivity contribution >= 4 is 5.97 Å². The average Bonchev–Trinajstić information content (AvgIpc) is 2.77. The SMILES string of the molecule is CCOC(=O)c1cc(CC)n(C)c1-c1ccccc1. The van der Waals surface area contributed by atoms with Crippen LogP contribution >= 0.6 is 0 Å². The summed E-state index contributed by atoms with van der Waals surface area (Å²) in [5.41, 5.74) is 3.73. The Hall–Kier alpha value is -2.03. The van der Waals surface area contributed by atoms with Crippen LogP contribution in [0.25, 0.3) is 11.3 Å². The zero-order valence-corrected chi connectivity index (χ0v) is 11.6. The predicted octanol–water partition coefficient (Wildman–Crippen LogP) is 3.43. The van der Waals surface area contributed by atoms with Crippen LogP contribution in [0.15, 0.2) is 36.4 Å². The fraction of sp³-hybridized carbons (Fsp3) is 0.312. The Bertz CT molecular complexity index is 570. The van der Waals surface area contributed by atoms with Crippen molar-refractivity contribution in [2.24, 2.45) is 7.05 Å². The second kappa shape index (κ2) is 5.74. The molecule has 0 atom stereocenters. The third-order valence-electron chi connectivity index (χ3n) is 3.24. The molecule has 1 heterocycles. The normalized spacial score (nSPS) is 10.5. The van der Waals surface area contributed by atoms with E-state index in [1.54, 1.807) is 0 Å². The molecule has 2 aromatic rings. The Morgan fingerprint density at radius 2 is 1.89 bits per heavy atom. The topological polar surface area (TPSA) is 31.2 Å². The first kappa shape index (κ1) is 13.4. The molecule has 0 bridgehead atoms. The van der Waals surface area contributed by atoms with Crippen LogP contribution in [0.1, 0.15) is 29.9 Å². The molecule has 0 saturated carbocycles. The molecule has 0 unspecified atom stereocenters. The van der Waals surface area contributed by atoms with Gasteiger partial charge >= 0.3 is 5.97 Å². The average molecular weight is 257 g/mol. The Balaban J connectivity index is 2.57. The van der Waals surface area contributed by atoms with Crippen LogP contribution in [0.2, 0.25) is 0 Å². The molecule has 19 heavy (non-hydrogen) atoms. The predicted molar refractivity (Wildman–Crippen MR) is 76.2 cm³/mol. The molecule has 0 aliphatic carbocycles. The number of carbonyl (C=O) groups is 1. The highest BCUT2D eigenvalue weighted by atomic mass is 16.5. The van der Waals surface area contributed by atoms with Crippen molar-refractivity contribution < 1.29 is 9.53 Å². The zero-order valence-electron chi connectivity index (χ0n) is 11.6. The van der Waals surface area contributed by atoms with Crippen molar-refractivity contribution in [3.05, 3.63) is 47.7 Å². The molecule has 0 aliphatic heterocycles. The molecule has 0 amide bonds. The van der Waals surface area contributed by atoms with Gasteiger partial charge in [0.15, 0.2) is 0 Å². The van der Waals surface area contributed by atoms with E-state index in [0.717, 1.165) is 23.4 Å². The second-order valence-electron chi connectivity index (χ2n) is 4.40. The number of aromatic nitrogens is 1. The van der Waals surface area contributed by atoms with Crippen LogP contribution in [0.4, 0.5) is 0 Å². The van der Waals surface area contributed by atoms with Crippen LogP contribution in [0.5, 0.6) is 0 Å². The third-order valence-corrected chi connectivity index (χ3v) is 3.24. The number of hydrogen-bond acceptors (Lipinski definition) is 2. The van der Waals surface area contributed by atoms with Crippen LogP contribution in [-0.2, 0) is 18.2 Å². The van der Waals surface area contributed by atoms with Gasteiger partial charge in [0.25, 0.3) is 0 Å². The number of nitrogens with zero attached hydrogens (tertiary/aromatic N) is 1. The number of aryl methyl sites for hydroxylation is 1. The lowest BCUT2D eigenvalue weighted by molar-refractivity contribution is 0.0527. The molecule has 0 fully saturated rings. The van der Waals surface area contributed by atoms with Crippen molar-refractivity contribution in [1.82, 2.24) is 4.57 Å². The van der Waals surface area contributed by atoms with E-state index in [4.69, 9.17) is 4.74 Å². The summed E-state index contributed by atoms with van der Waals surface area (Å²) >= 11 is 0. The fourth-order valence-corrected chi connectivity index (χ4v) is 2.30. The molecular weight excluding hydrogens is 238 g/mol. The number of ether oxygens (including phenoxy) is 1. The monoisotopic (exact) mass is 257 g/mol. The summed E-state index contributed by atoms with van der Waals surface area (Å²) in [6, 6.07) is 11.9. The van der Waals surface area contributed by atoms with Gasteiger partial charge in [-0.25, -0.2) is 4.79 Å². The van der Waals surface area contributed by atoms with Crippen LogP contribution < -0.4 is 0 Å². The lowest BCUT2D eigenvalue weighted by atomic mass is 10.1. The highest BCUT2D eigenvalue weighted by Crippen LogP contribution is 2.27. The van der Waals surface area contributed by atoms with Crippen molar-refractivity contribution in [3.63, 3.8) is 0 Å². The molecule has 1 aromatic carbocycles. The summed E-state index contributed by atoms with van der Waals surface area (Å²) in [4.78, 5) is 12.1. The van der Waals surface area contributed by atoms with Crippen LogP contribution in [-0.4, -0.2) is 17.1 Å². The molecule has 2 rings (SSSR count). The first-order chi connectivity index (χ1) is 9.19. The minimum atomic E-state index is -0.253. The molecular formula is C16H19NO2. The van der Waals surface area contributed by atoms with E-state index in [1.807, 2.05) is 50.4 Å². The highest BCUT2D eigenvalue weighted by Gasteiger charge is 2.19. The van der Waals surface area contributed by atoms with Gasteiger partial charge in [-0.3, -0.25) is 0 Å². The third kappa shape index (κ3) is 2.55. The van der Waals surface area contributed by atoms with Crippen molar-refractivity contribution in [3.8, 4) is 11.3 Å². The molecule has 0 spiro atoms. The molecule has 100 valence electrons. The van der Waals surface area contributed by atoms with E-state index in [1.165, 1.54) is 0 Å². The molecule has 0 aliphatic rings. The summed E-state index contributed by atoms with van der Waals surface area (Å²) in [6.07, 6.45) is 0.885. The maximum absolute atomic E-state index is 12.1. The maximum atomic E-state index is 12.1. The van der Waals surface area contributed by atoms with Crippen LogP contribution in [0.3, 0.4) is 0 Å². The Labute approximate surface area is 113 Å². The van der Waals surface area contributed by atoms with Gasteiger partial charge in [0.1, 0.15) is 0 Å². The summed E-state index contributed by atoms with van der Waals surface area (Å²) in [7, 11) is 1.99. The van der Waals surface area contributed by atoms with Gasteiger partial charge in [0.2, 0.25) is 0 Å². The largest absolute Gasteiger partial charge is 0.462 e. The molecule has 0 radical (unpaired) electrons. The number of carbonyl (C=O) groups excluding carboxylic acids is 1. The van der Waals surface area contributed by atoms with Crippen molar-refractivity contribution in [2.75, 3.05) is 6.61 Å². The van der Waals surface area contributed by atoms with Gasteiger partial charge < -0.3 is 9.30 Å². The first-order valence-corrected chi connectivity index (χ1v) is 6.60. The smallest absolute Gasteiger partial charge is 0.340 e. The highest BCUT2D eigenvalue weighted by molar-refractivity contribution is 5.97. The number of benzene rings is 1. The van der Waals surface area contributed by atoms with Crippen molar-refractivity contribution in [1.29, 1.82) is 0 Å². The van der Waals surface area contributed by atoms with Gasteiger partial charge in [-0.2, -0.15) is 0 Å². The summed E-state index contributed by atoms with van der Waals surface area (Å²) in [6.45, 7) is 4.30. The van der Waals surface area contributed by atoms with E-state index < -0.39 is 0 Å². The van der Waals surface area contributed by atoms with E-state index in [2.05, 4.69) is 11.5 Å². The van der Waals surface area contributed by atoms with E-state index in [-0.39, 0.29) is 5.97 Å². The summed E-state index contributed by atoms with van der Waals surface area (Å²) in [5.74, 6) is -0.253. The lowest BCUT2D eigenvalue weighted by Gasteiger charge is -2.08. The molecule has 1 aromatic heterocycles. The van der Waals surface area contributed by atoms with Crippen LogP contribution in [0, 0.1) is 0 Å². The maximum Gasteiger partial charge on any atom is 0.340 e. The Morgan fingerprint density at radius 3 is 2.47 bits per heavy atom. The van der Waals surface area contributed by atoms with E-state index >= 15 is 0 Å². The molecule has 0 saturated heterocycles. The fourth-order valence-electron chi connectivity index (χ4n) is 2.30. The zero-order chi connectivity index (χ0) is 13.8. The molecule has 3 heteroatoms. The Morgan fingerprint density at radius 1 is 1.21 bits per heavy atom. The minimum absolute atomic E-state index is 0.253. The number of esters is 1. The van der Waals surface area contributed by atoms with E-state index in [9.17, 15) is 4.79 Å². The molecule has 3 nitrogen and oxygen atoms in total. The Kier molecular flexibility index (Phi) is 4.05. The molecule has 0 N–H and O–H groups in total. The van der Waals surface area contributed by atoms with Gasteiger partial charge in [-0.15, -0.1) is 0 Å². The standard InChI is InChI=1S/C16H19NO2/c1-4-13-11-14(16(18)19-5-2)15(17(13)3)12-9-7-6-8-10-12/h6-11H,4-5H2,1-3H3. The number of hydrogen-bond donors (Lipinski definition) is 0. The van der Waals surface area contributed by atoms with Gasteiger partial charge in [0.05, 0.1) is 17.9 Å². The quantitative estimate of drug-likeness (QED) is 0.786. The van der Waals surface area contributed by atoms with Gasteiger partial charge in [-0.05, 0) is 25.0 Å². The second-order valence-corrected chi connectivity index (χ2v) is 4.40. The minimum Gasteiger partial charge on any atom is -0.462 e. The van der Waals surface area contributed by atoms with Crippen molar-refractivity contribution in [2.45, 2.75) is 20.3 Å². The van der Waals surface area contributed by atoms with Gasteiger partial charge in [0, 0.05) is 12.7 Å². The van der Waals surface area contributed by atoms with E-state index in [0.29, 0.717) is 12.2 Å². The lowest BCUT2D eigenvalue weighted by Crippen LogP contribution is -2.06. The van der Waals surface area contributed by atoms with Gasteiger partial charge in [-0.1, -0.05) is 37.3 Å².